The summed E-state index contributed by atoms with van der Waals surface area (Å²) in [6.07, 6.45) is 7.41. The standard InChI is InChI=1S/C11H16OS2/c13-11(14)12-10-5-6-4-9(10)8-3-1-2-7(6)8/h6-10H,1-5H2,(H,13,14)/t6-,7-,8+,9+,10-/m0/s1. The van der Waals surface area contributed by atoms with Gasteiger partial charge in [0.25, 0.3) is 0 Å². The highest BCUT2D eigenvalue weighted by atomic mass is 32.1. The number of thiol groups is 1. The molecule has 0 radical (unpaired) electrons. The fraction of sp³-hybridized carbons (Fsp3) is 0.909. The third-order valence-corrected chi connectivity index (χ3v) is 4.82. The van der Waals surface area contributed by atoms with E-state index >= 15 is 0 Å². The smallest absolute Gasteiger partial charge is 0.217 e. The molecule has 3 saturated carbocycles. The Hall–Kier alpha value is 0.240. The van der Waals surface area contributed by atoms with Gasteiger partial charge in [-0.2, -0.15) is 0 Å². The van der Waals surface area contributed by atoms with Crippen molar-refractivity contribution < 1.29 is 4.74 Å². The molecule has 0 unspecified atom stereocenters. The molecule has 0 aromatic heterocycles. The molecule has 14 heavy (non-hydrogen) atoms. The van der Waals surface area contributed by atoms with Gasteiger partial charge in [-0.05, 0) is 61.6 Å². The lowest BCUT2D eigenvalue weighted by molar-refractivity contribution is 0.0814. The molecule has 3 rings (SSSR count). The number of hydrogen-bond donors (Lipinski definition) is 1. The van der Waals surface area contributed by atoms with E-state index < -0.39 is 0 Å². The van der Waals surface area contributed by atoms with Gasteiger partial charge in [-0.3, -0.25) is 0 Å². The Bertz CT molecular complexity index is 266. The zero-order valence-corrected chi connectivity index (χ0v) is 9.90. The van der Waals surface area contributed by atoms with Crippen molar-refractivity contribution >= 4 is 29.2 Å². The first-order valence-corrected chi connectivity index (χ1v) is 6.51. The lowest BCUT2D eigenvalue weighted by atomic mass is 9.80. The summed E-state index contributed by atoms with van der Waals surface area (Å²) in [7, 11) is 0. The maximum atomic E-state index is 5.65. The lowest BCUT2D eigenvalue weighted by Gasteiger charge is -2.31. The molecule has 1 nitrogen and oxygen atoms in total. The van der Waals surface area contributed by atoms with E-state index in [0.29, 0.717) is 10.5 Å². The Balaban J connectivity index is 1.73. The molecule has 0 aliphatic heterocycles. The van der Waals surface area contributed by atoms with Crippen molar-refractivity contribution in [2.75, 3.05) is 0 Å². The van der Waals surface area contributed by atoms with Crippen LogP contribution in [0.5, 0.6) is 0 Å². The van der Waals surface area contributed by atoms with Crippen LogP contribution in [0.2, 0.25) is 0 Å². The molecule has 0 amide bonds. The van der Waals surface area contributed by atoms with Crippen LogP contribution in [-0.4, -0.2) is 10.5 Å². The van der Waals surface area contributed by atoms with Crippen molar-refractivity contribution in [1.29, 1.82) is 0 Å². The van der Waals surface area contributed by atoms with E-state index in [0.717, 1.165) is 23.7 Å². The molecule has 0 N–H and O–H groups in total. The highest BCUT2D eigenvalue weighted by Crippen LogP contribution is 2.59. The number of fused-ring (bicyclic) bond motifs is 5. The molecule has 0 aromatic carbocycles. The van der Waals surface area contributed by atoms with Gasteiger partial charge < -0.3 is 4.74 Å². The topological polar surface area (TPSA) is 9.23 Å². The molecule has 5 atom stereocenters. The third kappa shape index (κ3) is 1.32. The van der Waals surface area contributed by atoms with Crippen molar-refractivity contribution in [1.82, 2.24) is 0 Å². The summed E-state index contributed by atoms with van der Waals surface area (Å²) >= 11 is 8.98. The summed E-state index contributed by atoms with van der Waals surface area (Å²) in [6, 6.07) is 0. The first kappa shape index (κ1) is 9.46. The molecule has 3 fully saturated rings. The second-order valence-corrected chi connectivity index (χ2v) is 6.16. The van der Waals surface area contributed by atoms with Gasteiger partial charge >= 0.3 is 0 Å². The van der Waals surface area contributed by atoms with Crippen molar-refractivity contribution in [3.8, 4) is 0 Å². The van der Waals surface area contributed by atoms with Crippen LogP contribution in [0.4, 0.5) is 0 Å². The van der Waals surface area contributed by atoms with Crippen molar-refractivity contribution in [2.45, 2.75) is 38.2 Å². The third-order valence-electron chi connectivity index (χ3n) is 4.62. The van der Waals surface area contributed by atoms with Crippen LogP contribution >= 0.6 is 24.8 Å². The summed E-state index contributed by atoms with van der Waals surface area (Å²) < 4.78 is 6.09. The molecule has 3 heteroatoms. The SMILES string of the molecule is S=C(S)O[C@H]1C[C@@H]2C[C@@H]1[C@@H]1CCC[C@@H]21. The Labute approximate surface area is 96.0 Å². The van der Waals surface area contributed by atoms with Crippen LogP contribution in [-0.2, 0) is 4.74 Å². The van der Waals surface area contributed by atoms with Gasteiger partial charge in [0.1, 0.15) is 6.10 Å². The van der Waals surface area contributed by atoms with Gasteiger partial charge in [0.15, 0.2) is 0 Å². The average molecular weight is 228 g/mol. The molecule has 0 aromatic rings. The Kier molecular flexibility index (Phi) is 2.28. The molecule has 0 spiro atoms. The van der Waals surface area contributed by atoms with Gasteiger partial charge in [-0.15, -0.1) is 0 Å². The van der Waals surface area contributed by atoms with Crippen LogP contribution < -0.4 is 0 Å². The van der Waals surface area contributed by atoms with Crippen LogP contribution in [0.3, 0.4) is 0 Å². The highest BCUT2D eigenvalue weighted by Gasteiger charge is 2.54. The molecule has 78 valence electrons. The number of ether oxygens (including phenoxy) is 1. The Morgan fingerprint density at radius 3 is 2.71 bits per heavy atom. The normalized spacial score (nSPS) is 49.4. The predicted octanol–water partition coefficient (Wildman–Crippen LogP) is 3.04. The summed E-state index contributed by atoms with van der Waals surface area (Å²) in [4.78, 5) is 0. The minimum atomic E-state index is 0.407. The summed E-state index contributed by atoms with van der Waals surface area (Å²) in [5, 5.41) is 0. The fourth-order valence-corrected chi connectivity index (χ4v) is 4.53. The van der Waals surface area contributed by atoms with Gasteiger partial charge in [-0.1, -0.05) is 19.0 Å². The molecule has 3 aliphatic rings. The second-order valence-electron chi connectivity index (χ2n) is 5.08. The summed E-state index contributed by atoms with van der Waals surface area (Å²) in [5.41, 5.74) is 0. The van der Waals surface area contributed by atoms with E-state index in [9.17, 15) is 0 Å². The van der Waals surface area contributed by atoms with E-state index in [1.807, 2.05) is 0 Å². The van der Waals surface area contributed by atoms with E-state index in [2.05, 4.69) is 12.6 Å². The summed E-state index contributed by atoms with van der Waals surface area (Å²) in [5.74, 6) is 3.74. The quantitative estimate of drug-likeness (QED) is 0.545. The van der Waals surface area contributed by atoms with Crippen LogP contribution in [0.1, 0.15) is 32.1 Å². The zero-order chi connectivity index (χ0) is 9.71. The van der Waals surface area contributed by atoms with E-state index in [-0.39, 0.29) is 0 Å². The maximum Gasteiger partial charge on any atom is 0.217 e. The van der Waals surface area contributed by atoms with E-state index in [4.69, 9.17) is 17.0 Å². The largest absolute Gasteiger partial charge is 0.475 e. The first-order valence-electron chi connectivity index (χ1n) is 5.65. The molecule has 0 saturated heterocycles. The monoisotopic (exact) mass is 228 g/mol. The van der Waals surface area contributed by atoms with Crippen LogP contribution in [0, 0.1) is 23.7 Å². The Morgan fingerprint density at radius 2 is 1.93 bits per heavy atom. The summed E-state index contributed by atoms with van der Waals surface area (Å²) in [6.45, 7) is 0. The molecular formula is C11H16OS2. The lowest BCUT2D eigenvalue weighted by Crippen LogP contribution is -2.30. The van der Waals surface area contributed by atoms with Crippen LogP contribution in [0.25, 0.3) is 0 Å². The van der Waals surface area contributed by atoms with Crippen molar-refractivity contribution in [3.63, 3.8) is 0 Å². The minimum absolute atomic E-state index is 0.407. The Morgan fingerprint density at radius 1 is 1.14 bits per heavy atom. The average Bonchev–Trinajstić information content (AvgIpc) is 2.68. The first-order chi connectivity index (χ1) is 6.75. The van der Waals surface area contributed by atoms with E-state index in [1.54, 1.807) is 0 Å². The number of rotatable bonds is 1. The van der Waals surface area contributed by atoms with Gasteiger partial charge in [0.2, 0.25) is 4.38 Å². The van der Waals surface area contributed by atoms with Crippen molar-refractivity contribution in [2.24, 2.45) is 23.7 Å². The number of thiocarbonyl (C=S) groups is 1. The number of hydrogen-bond acceptors (Lipinski definition) is 2. The van der Waals surface area contributed by atoms with Crippen LogP contribution in [0.15, 0.2) is 0 Å². The zero-order valence-electron chi connectivity index (χ0n) is 8.19. The molecule has 2 bridgehead atoms. The molecular weight excluding hydrogens is 212 g/mol. The van der Waals surface area contributed by atoms with Gasteiger partial charge in [-0.25, -0.2) is 0 Å². The van der Waals surface area contributed by atoms with Crippen molar-refractivity contribution in [3.05, 3.63) is 0 Å². The molecule has 0 heterocycles. The van der Waals surface area contributed by atoms with Gasteiger partial charge in [0.05, 0.1) is 0 Å². The fourth-order valence-electron chi connectivity index (χ4n) is 4.27. The highest BCUT2D eigenvalue weighted by molar-refractivity contribution is 8.10. The predicted molar refractivity (Wildman–Crippen MR) is 63.5 cm³/mol. The van der Waals surface area contributed by atoms with E-state index in [1.165, 1.54) is 32.1 Å². The minimum Gasteiger partial charge on any atom is -0.475 e. The molecule has 3 aliphatic carbocycles. The maximum absolute atomic E-state index is 5.65. The van der Waals surface area contributed by atoms with Gasteiger partial charge in [0, 0.05) is 0 Å². The second kappa shape index (κ2) is 3.38.